The second kappa shape index (κ2) is 2.35. The summed E-state index contributed by atoms with van der Waals surface area (Å²) in [5.74, 6) is 0.484. The van der Waals surface area contributed by atoms with Crippen LogP contribution in [0.3, 0.4) is 0 Å². The maximum Gasteiger partial charge on any atom is 0.259 e. The zero-order valence-corrected chi connectivity index (χ0v) is 6.34. The molecule has 0 saturated heterocycles. The molecule has 0 aliphatic rings. The molecular formula is C6H5N3OS. The first-order chi connectivity index (χ1) is 5.38. The van der Waals surface area contributed by atoms with Gasteiger partial charge in [-0.15, -0.1) is 21.5 Å². The molecule has 56 valence electrons. The summed E-state index contributed by atoms with van der Waals surface area (Å²) in [5.41, 5.74) is 6.29. The molecule has 0 spiro atoms. The lowest BCUT2D eigenvalue weighted by Crippen LogP contribution is -1.83. The van der Waals surface area contributed by atoms with E-state index < -0.39 is 0 Å². The SMILES string of the molecule is Nc1ccsc1-c1nnco1. The number of nitrogen functional groups attached to an aromatic ring is 1. The molecule has 0 aliphatic carbocycles. The minimum atomic E-state index is 0.484. The fraction of sp³-hybridized carbons (Fsp3) is 0. The van der Waals surface area contributed by atoms with Gasteiger partial charge in [0.2, 0.25) is 6.39 Å². The number of nitrogens with zero attached hydrogens (tertiary/aromatic N) is 2. The van der Waals surface area contributed by atoms with Gasteiger partial charge in [0, 0.05) is 0 Å². The molecule has 0 amide bonds. The summed E-state index contributed by atoms with van der Waals surface area (Å²) in [7, 11) is 0. The minimum Gasteiger partial charge on any atom is -0.423 e. The van der Waals surface area contributed by atoms with E-state index in [1.165, 1.54) is 17.7 Å². The number of hydrogen-bond acceptors (Lipinski definition) is 5. The highest BCUT2D eigenvalue weighted by Crippen LogP contribution is 2.29. The Kier molecular flexibility index (Phi) is 1.36. The second-order valence-corrected chi connectivity index (χ2v) is 2.87. The Morgan fingerprint density at radius 1 is 1.55 bits per heavy atom. The van der Waals surface area contributed by atoms with Crippen molar-refractivity contribution in [1.82, 2.24) is 10.2 Å². The number of rotatable bonds is 1. The van der Waals surface area contributed by atoms with Gasteiger partial charge in [-0.3, -0.25) is 0 Å². The Hall–Kier alpha value is -1.36. The summed E-state index contributed by atoms with van der Waals surface area (Å²) in [5, 5.41) is 9.17. The van der Waals surface area contributed by atoms with Gasteiger partial charge in [0.1, 0.15) is 4.88 Å². The molecule has 0 aromatic carbocycles. The van der Waals surface area contributed by atoms with Crippen molar-refractivity contribution < 1.29 is 4.42 Å². The standard InChI is InChI=1S/C6H5N3OS/c7-4-1-2-11-5(4)6-9-8-3-10-6/h1-3H,7H2. The third-order valence-corrected chi connectivity index (χ3v) is 2.17. The maximum absolute atomic E-state index is 5.61. The predicted molar refractivity (Wildman–Crippen MR) is 42.0 cm³/mol. The summed E-state index contributed by atoms with van der Waals surface area (Å²) in [6.07, 6.45) is 1.29. The topological polar surface area (TPSA) is 64.9 Å². The molecule has 0 fully saturated rings. The number of aromatic nitrogens is 2. The second-order valence-electron chi connectivity index (χ2n) is 1.95. The van der Waals surface area contributed by atoms with Gasteiger partial charge < -0.3 is 10.2 Å². The molecule has 2 aromatic heterocycles. The maximum atomic E-state index is 5.61. The van der Waals surface area contributed by atoms with E-state index in [0.717, 1.165) is 4.88 Å². The van der Waals surface area contributed by atoms with Gasteiger partial charge in [-0.1, -0.05) is 0 Å². The molecule has 0 unspecified atom stereocenters. The van der Waals surface area contributed by atoms with Crippen molar-refractivity contribution in [3.05, 3.63) is 17.8 Å². The Morgan fingerprint density at radius 2 is 2.45 bits per heavy atom. The van der Waals surface area contributed by atoms with E-state index in [1.807, 2.05) is 11.4 Å². The van der Waals surface area contributed by atoms with Crippen molar-refractivity contribution >= 4 is 17.0 Å². The molecule has 2 heterocycles. The summed E-state index contributed by atoms with van der Waals surface area (Å²) >= 11 is 1.49. The van der Waals surface area contributed by atoms with E-state index in [9.17, 15) is 0 Å². The van der Waals surface area contributed by atoms with Gasteiger partial charge >= 0.3 is 0 Å². The van der Waals surface area contributed by atoms with Gasteiger partial charge in [-0.05, 0) is 11.4 Å². The van der Waals surface area contributed by atoms with Crippen LogP contribution in [0.15, 0.2) is 22.3 Å². The van der Waals surface area contributed by atoms with Gasteiger partial charge in [0.05, 0.1) is 5.69 Å². The van der Waals surface area contributed by atoms with Crippen LogP contribution in [-0.2, 0) is 0 Å². The molecule has 4 nitrogen and oxygen atoms in total. The first-order valence-corrected chi connectivity index (χ1v) is 3.85. The molecule has 0 atom stereocenters. The number of hydrogen-bond donors (Lipinski definition) is 1. The van der Waals surface area contributed by atoms with Crippen LogP contribution in [-0.4, -0.2) is 10.2 Å². The van der Waals surface area contributed by atoms with E-state index >= 15 is 0 Å². The lowest BCUT2D eigenvalue weighted by molar-refractivity contribution is 0.570. The van der Waals surface area contributed by atoms with Crippen molar-refractivity contribution in [3.8, 4) is 10.8 Å². The molecule has 0 saturated carbocycles. The normalized spacial score (nSPS) is 10.2. The number of nitrogens with two attached hydrogens (primary N) is 1. The Bertz CT molecular complexity index is 340. The average Bonchev–Trinajstić information content (AvgIpc) is 2.55. The molecular weight excluding hydrogens is 162 g/mol. The summed E-state index contributed by atoms with van der Waals surface area (Å²) < 4.78 is 4.97. The van der Waals surface area contributed by atoms with Crippen molar-refractivity contribution in [1.29, 1.82) is 0 Å². The van der Waals surface area contributed by atoms with Crippen molar-refractivity contribution in [2.24, 2.45) is 0 Å². The van der Waals surface area contributed by atoms with Crippen LogP contribution in [0.2, 0.25) is 0 Å². The van der Waals surface area contributed by atoms with Gasteiger partial charge in [0.25, 0.3) is 5.89 Å². The molecule has 0 aliphatic heterocycles. The first-order valence-electron chi connectivity index (χ1n) is 2.97. The van der Waals surface area contributed by atoms with Crippen LogP contribution in [0, 0.1) is 0 Å². The van der Waals surface area contributed by atoms with E-state index in [2.05, 4.69) is 10.2 Å². The molecule has 0 radical (unpaired) electrons. The molecule has 2 rings (SSSR count). The van der Waals surface area contributed by atoms with Crippen LogP contribution in [0.25, 0.3) is 10.8 Å². The lowest BCUT2D eigenvalue weighted by Gasteiger charge is -1.88. The zero-order valence-electron chi connectivity index (χ0n) is 5.52. The van der Waals surface area contributed by atoms with Gasteiger partial charge in [0.15, 0.2) is 0 Å². The third-order valence-electron chi connectivity index (χ3n) is 1.25. The van der Waals surface area contributed by atoms with Crippen LogP contribution in [0.5, 0.6) is 0 Å². The predicted octanol–water partition coefficient (Wildman–Crippen LogP) is 1.38. The summed E-state index contributed by atoms with van der Waals surface area (Å²) in [6.45, 7) is 0. The van der Waals surface area contributed by atoms with E-state index in [-0.39, 0.29) is 0 Å². The average molecular weight is 167 g/mol. The fourth-order valence-corrected chi connectivity index (χ4v) is 1.51. The fourth-order valence-electron chi connectivity index (χ4n) is 0.765. The minimum absolute atomic E-state index is 0.484. The number of anilines is 1. The smallest absolute Gasteiger partial charge is 0.259 e. The largest absolute Gasteiger partial charge is 0.423 e. The van der Waals surface area contributed by atoms with Crippen LogP contribution < -0.4 is 5.73 Å². The molecule has 5 heteroatoms. The lowest BCUT2D eigenvalue weighted by atomic mass is 10.4. The zero-order chi connectivity index (χ0) is 7.68. The first kappa shape index (κ1) is 6.36. The highest BCUT2D eigenvalue weighted by Gasteiger charge is 2.07. The Labute approximate surface area is 66.7 Å². The van der Waals surface area contributed by atoms with Crippen molar-refractivity contribution in [2.45, 2.75) is 0 Å². The van der Waals surface area contributed by atoms with Gasteiger partial charge in [-0.25, -0.2) is 0 Å². The summed E-state index contributed by atoms with van der Waals surface area (Å²) in [6, 6.07) is 1.81. The van der Waals surface area contributed by atoms with Crippen molar-refractivity contribution in [2.75, 3.05) is 5.73 Å². The monoisotopic (exact) mass is 167 g/mol. The number of thiophene rings is 1. The quantitative estimate of drug-likeness (QED) is 0.696. The highest BCUT2D eigenvalue weighted by atomic mass is 32.1. The van der Waals surface area contributed by atoms with Gasteiger partial charge in [-0.2, -0.15) is 0 Å². The van der Waals surface area contributed by atoms with E-state index in [1.54, 1.807) is 0 Å². The Balaban J connectivity index is 2.53. The molecule has 2 aromatic rings. The van der Waals surface area contributed by atoms with E-state index in [4.69, 9.17) is 10.2 Å². The van der Waals surface area contributed by atoms with Crippen LogP contribution >= 0.6 is 11.3 Å². The summed E-state index contributed by atoms with van der Waals surface area (Å²) in [4.78, 5) is 0.836. The molecule has 2 N–H and O–H groups in total. The van der Waals surface area contributed by atoms with Crippen LogP contribution in [0.1, 0.15) is 0 Å². The Morgan fingerprint density at radius 3 is 3.00 bits per heavy atom. The molecule has 0 bridgehead atoms. The van der Waals surface area contributed by atoms with E-state index in [0.29, 0.717) is 11.6 Å². The third kappa shape index (κ3) is 0.988. The highest BCUT2D eigenvalue weighted by molar-refractivity contribution is 7.14. The van der Waals surface area contributed by atoms with Crippen LogP contribution in [0.4, 0.5) is 5.69 Å². The van der Waals surface area contributed by atoms with Crippen molar-refractivity contribution in [3.63, 3.8) is 0 Å². The molecule has 11 heavy (non-hydrogen) atoms.